The number of nitrogens with one attached hydrogen (secondary N) is 1. The molecule has 0 aliphatic carbocycles. The fourth-order valence-electron chi connectivity index (χ4n) is 3.70. The number of carbonyl (C=O) groups is 1. The molecule has 0 aliphatic rings. The molecule has 12 heteroatoms. The number of benzene rings is 3. The van der Waals surface area contributed by atoms with Crippen molar-refractivity contribution in [3.8, 4) is 0 Å². The highest BCUT2D eigenvalue weighted by atomic mass is 35.5. The Kier molecular flexibility index (Phi) is 8.91. The van der Waals surface area contributed by atoms with Crippen LogP contribution in [0.25, 0.3) is 0 Å². The van der Waals surface area contributed by atoms with Gasteiger partial charge in [0, 0.05) is 16.5 Å². The molecular weight excluding hydrogens is 555 g/mol. The van der Waals surface area contributed by atoms with Crippen LogP contribution in [0.5, 0.6) is 0 Å². The summed E-state index contributed by atoms with van der Waals surface area (Å²) in [5.41, 5.74) is 1.95. The van der Waals surface area contributed by atoms with Crippen LogP contribution in [0.1, 0.15) is 40.2 Å². The van der Waals surface area contributed by atoms with E-state index in [2.05, 4.69) is 14.1 Å². The predicted molar refractivity (Wildman–Crippen MR) is 145 cm³/mol. The number of anilines is 2. The Labute approximate surface area is 230 Å². The van der Waals surface area contributed by atoms with E-state index in [0.717, 1.165) is 21.6 Å². The lowest BCUT2D eigenvalue weighted by Crippen LogP contribution is -2.38. The largest absolute Gasteiger partial charge is 0.755 e. The molecule has 4 rings (SSSR count). The molecule has 3 aromatic carbocycles. The molecule has 8 nitrogen and oxygen atoms in total. The maximum atomic E-state index is 13.3. The third-order valence-electron chi connectivity index (χ3n) is 5.56. The van der Waals surface area contributed by atoms with Gasteiger partial charge in [-0.1, -0.05) is 65.7 Å². The average molecular weight is 577 g/mol. The quantitative estimate of drug-likeness (QED) is 0.264. The first-order valence-corrected chi connectivity index (χ1v) is 13.5. The molecule has 4 aromatic rings. The van der Waals surface area contributed by atoms with E-state index in [9.17, 15) is 18.7 Å². The summed E-state index contributed by atoms with van der Waals surface area (Å²) in [6.07, 6.45) is -0.686. The fourth-order valence-corrected chi connectivity index (χ4v) is 5.19. The normalized spacial score (nSPS) is 13.5. The second-order valence-corrected chi connectivity index (χ2v) is 10.3. The summed E-state index contributed by atoms with van der Waals surface area (Å²) in [7, 11) is 0. The molecule has 0 spiro atoms. The number of rotatable bonds is 9. The summed E-state index contributed by atoms with van der Waals surface area (Å²) in [6, 6.07) is 19.6. The van der Waals surface area contributed by atoms with Gasteiger partial charge in [0.15, 0.2) is 5.82 Å². The number of aromatic nitrogens is 2. The lowest BCUT2D eigenvalue weighted by molar-refractivity contribution is 0.0853. The minimum atomic E-state index is -2.85. The minimum absolute atomic E-state index is 0.00790. The zero-order valence-corrected chi connectivity index (χ0v) is 22.5. The first kappa shape index (κ1) is 27.2. The standard InChI is InChI=1S/C25H22Cl2N4O4S2/c1-15(23(32)17-7-9-18(26)10-8-17)28-25(33)20-12-11-19(27)14-22(20)31(37(34)35)24-21(29-36-30-24)13-16-5-3-2-4-6-16/h2-12,14-15,23,32H,13H2,1H3,(H,28,33)(H,34,35)/p-1. The van der Waals surface area contributed by atoms with Crippen molar-refractivity contribution in [1.29, 1.82) is 0 Å². The maximum Gasteiger partial charge on any atom is 0.253 e. The van der Waals surface area contributed by atoms with Crippen molar-refractivity contribution in [3.05, 3.63) is 105 Å². The number of amides is 1. The van der Waals surface area contributed by atoms with Crippen LogP contribution in [0.3, 0.4) is 0 Å². The summed E-state index contributed by atoms with van der Waals surface area (Å²) in [5.74, 6) is -0.525. The monoisotopic (exact) mass is 575 g/mol. The van der Waals surface area contributed by atoms with E-state index in [4.69, 9.17) is 23.2 Å². The van der Waals surface area contributed by atoms with Crippen molar-refractivity contribution in [1.82, 2.24) is 14.1 Å². The molecule has 1 heterocycles. The highest BCUT2D eigenvalue weighted by molar-refractivity contribution is 7.81. The highest BCUT2D eigenvalue weighted by Gasteiger charge is 2.26. The van der Waals surface area contributed by atoms with Crippen LogP contribution in [0, 0.1) is 0 Å². The van der Waals surface area contributed by atoms with Gasteiger partial charge in [0.25, 0.3) is 5.91 Å². The Hall–Kier alpha value is -2.86. The van der Waals surface area contributed by atoms with Crippen LogP contribution in [0.4, 0.5) is 11.5 Å². The number of carbonyl (C=O) groups excluding carboxylic acids is 1. The zero-order valence-electron chi connectivity index (χ0n) is 19.4. The van der Waals surface area contributed by atoms with E-state index in [0.29, 0.717) is 22.7 Å². The van der Waals surface area contributed by atoms with Crippen molar-refractivity contribution in [2.45, 2.75) is 25.5 Å². The van der Waals surface area contributed by atoms with Crippen LogP contribution in [0.2, 0.25) is 10.0 Å². The molecule has 0 fully saturated rings. The molecule has 3 atom stereocenters. The van der Waals surface area contributed by atoms with Gasteiger partial charge in [-0.2, -0.15) is 8.75 Å². The van der Waals surface area contributed by atoms with E-state index >= 15 is 0 Å². The molecule has 1 amide bonds. The van der Waals surface area contributed by atoms with Crippen molar-refractivity contribution >= 4 is 63.6 Å². The lowest BCUT2D eigenvalue weighted by Gasteiger charge is -2.28. The Balaban J connectivity index is 1.65. The topological polar surface area (TPSA) is 118 Å². The molecule has 0 radical (unpaired) electrons. The molecule has 0 saturated carbocycles. The molecule has 0 aliphatic heterocycles. The third-order valence-corrected chi connectivity index (χ3v) is 7.27. The fraction of sp³-hybridized carbons (Fsp3) is 0.160. The number of aliphatic hydroxyl groups is 1. The van der Waals surface area contributed by atoms with Gasteiger partial charge in [0.05, 0.1) is 46.4 Å². The molecule has 37 heavy (non-hydrogen) atoms. The van der Waals surface area contributed by atoms with Gasteiger partial charge in [0.2, 0.25) is 0 Å². The van der Waals surface area contributed by atoms with Crippen molar-refractivity contribution in [3.63, 3.8) is 0 Å². The van der Waals surface area contributed by atoms with E-state index in [1.165, 1.54) is 18.2 Å². The second kappa shape index (κ2) is 12.1. The van der Waals surface area contributed by atoms with E-state index in [-0.39, 0.29) is 22.1 Å². The molecular formula is C25H21Cl2N4O4S2-. The molecule has 2 N–H and O–H groups in total. The summed E-state index contributed by atoms with van der Waals surface area (Å²) in [4.78, 5) is 13.3. The van der Waals surface area contributed by atoms with Gasteiger partial charge in [0.1, 0.15) is 5.69 Å². The van der Waals surface area contributed by atoms with Gasteiger partial charge in [-0.25, -0.2) is 0 Å². The van der Waals surface area contributed by atoms with Crippen molar-refractivity contribution in [2.75, 3.05) is 4.31 Å². The van der Waals surface area contributed by atoms with Crippen LogP contribution in [-0.4, -0.2) is 34.6 Å². The Morgan fingerprint density at radius 3 is 2.43 bits per heavy atom. The van der Waals surface area contributed by atoms with Gasteiger partial charge >= 0.3 is 0 Å². The van der Waals surface area contributed by atoms with E-state index in [1.807, 2.05) is 30.3 Å². The number of aliphatic hydroxyl groups excluding tert-OH is 1. The van der Waals surface area contributed by atoms with Gasteiger partial charge in [-0.3, -0.25) is 13.3 Å². The predicted octanol–water partition coefficient (Wildman–Crippen LogP) is 5.22. The van der Waals surface area contributed by atoms with E-state index < -0.39 is 29.3 Å². The molecule has 0 saturated heterocycles. The first-order chi connectivity index (χ1) is 17.7. The van der Waals surface area contributed by atoms with Crippen LogP contribution < -0.4 is 9.62 Å². The van der Waals surface area contributed by atoms with Crippen LogP contribution in [-0.2, 0) is 17.7 Å². The number of halogens is 2. The van der Waals surface area contributed by atoms with Gasteiger partial charge in [-0.15, -0.1) is 0 Å². The average Bonchev–Trinajstić information content (AvgIpc) is 3.32. The molecule has 192 valence electrons. The second-order valence-electron chi connectivity index (χ2n) is 8.13. The molecule has 3 unspecified atom stereocenters. The first-order valence-electron chi connectivity index (χ1n) is 11.0. The smallest absolute Gasteiger partial charge is 0.253 e. The van der Waals surface area contributed by atoms with Crippen molar-refractivity contribution in [2.24, 2.45) is 0 Å². The van der Waals surface area contributed by atoms with Crippen LogP contribution in [0.15, 0.2) is 72.8 Å². The maximum absolute atomic E-state index is 13.3. The van der Waals surface area contributed by atoms with Crippen molar-refractivity contribution < 1.29 is 18.7 Å². The number of nitrogens with zero attached hydrogens (tertiary/aromatic N) is 3. The summed E-state index contributed by atoms with van der Waals surface area (Å²) >= 11 is 10.1. The summed E-state index contributed by atoms with van der Waals surface area (Å²) in [6.45, 7) is 1.64. The molecule has 0 bridgehead atoms. The zero-order chi connectivity index (χ0) is 26.5. The van der Waals surface area contributed by atoms with E-state index in [1.54, 1.807) is 31.2 Å². The Bertz CT molecular complexity index is 1400. The highest BCUT2D eigenvalue weighted by Crippen LogP contribution is 2.34. The van der Waals surface area contributed by atoms with Gasteiger partial charge in [-0.05, 0) is 48.4 Å². The van der Waals surface area contributed by atoms with Crippen LogP contribution >= 0.6 is 34.9 Å². The summed E-state index contributed by atoms with van der Waals surface area (Å²) < 4.78 is 34.3. The molecule has 1 aromatic heterocycles. The Morgan fingerprint density at radius 1 is 1.08 bits per heavy atom. The lowest BCUT2D eigenvalue weighted by atomic mass is 10.0. The third kappa shape index (κ3) is 6.53. The minimum Gasteiger partial charge on any atom is -0.755 e. The SMILES string of the molecule is CC(NC(=O)c1ccc(Cl)cc1N(c1nsnc1Cc1ccccc1)S(=O)[O-])C(O)c1ccc(Cl)cc1. The van der Waals surface area contributed by atoms with Gasteiger partial charge < -0.3 is 15.0 Å². The number of hydrogen-bond acceptors (Lipinski definition) is 7. The summed E-state index contributed by atoms with van der Waals surface area (Å²) in [5, 5.41) is 14.2. The number of hydrogen-bond donors (Lipinski definition) is 2. The Morgan fingerprint density at radius 2 is 1.76 bits per heavy atom.